The maximum atomic E-state index is 6.48. The summed E-state index contributed by atoms with van der Waals surface area (Å²) >= 11 is 0. The molecule has 0 aromatic heterocycles. The van der Waals surface area contributed by atoms with E-state index in [2.05, 4.69) is 84.2 Å². The molecule has 3 N–H and O–H groups in total. The first-order valence-corrected chi connectivity index (χ1v) is 12.0. The number of nitrogens with zero attached hydrogens (tertiary/aromatic N) is 1. The van der Waals surface area contributed by atoms with Crippen LogP contribution in [0.5, 0.6) is 0 Å². The fourth-order valence-corrected chi connectivity index (χ4v) is 5.59. The zero-order chi connectivity index (χ0) is 22.2. The maximum Gasteiger partial charge on any atom is 0.193 e. The summed E-state index contributed by atoms with van der Waals surface area (Å²) in [5, 5.41) is 6.07. The predicted octanol–water partition coefficient (Wildman–Crippen LogP) is 6.33. The lowest BCUT2D eigenvalue weighted by Crippen LogP contribution is -2.24. The first-order valence-electron chi connectivity index (χ1n) is 12.0. The van der Waals surface area contributed by atoms with Crippen molar-refractivity contribution in [1.29, 1.82) is 0 Å². The maximum absolute atomic E-state index is 6.48. The van der Waals surface area contributed by atoms with Crippen LogP contribution >= 0.6 is 0 Å². The van der Waals surface area contributed by atoms with Gasteiger partial charge in [-0.25, -0.2) is 4.99 Å². The molecule has 1 unspecified atom stereocenters. The lowest BCUT2D eigenvalue weighted by molar-refractivity contribution is 0.571. The summed E-state index contributed by atoms with van der Waals surface area (Å²) < 4.78 is 0. The van der Waals surface area contributed by atoms with E-state index in [9.17, 15) is 0 Å². The lowest BCUT2D eigenvalue weighted by atomic mass is 9.86. The van der Waals surface area contributed by atoms with Crippen molar-refractivity contribution < 1.29 is 0 Å². The number of nitrogens with one attached hydrogen (secondary N) is 1. The van der Waals surface area contributed by atoms with Crippen LogP contribution in [0.15, 0.2) is 83.9 Å². The molecule has 4 aromatic carbocycles. The largest absolute Gasteiger partial charge is 0.370 e. The molecule has 0 spiro atoms. The van der Waals surface area contributed by atoms with Crippen molar-refractivity contribution in [2.75, 3.05) is 5.32 Å². The molecule has 0 saturated carbocycles. The van der Waals surface area contributed by atoms with Crippen LogP contribution in [0.4, 0.5) is 5.69 Å². The molecule has 0 aliphatic heterocycles. The minimum absolute atomic E-state index is 0.105. The van der Waals surface area contributed by atoms with E-state index >= 15 is 0 Å². The average molecular weight is 432 g/mol. The van der Waals surface area contributed by atoms with Crippen LogP contribution < -0.4 is 11.1 Å². The van der Waals surface area contributed by atoms with Gasteiger partial charge in [0.2, 0.25) is 0 Å². The summed E-state index contributed by atoms with van der Waals surface area (Å²) in [6, 6.07) is 28.6. The third kappa shape index (κ3) is 3.89. The first kappa shape index (κ1) is 20.0. The number of aliphatic imine (C=N–C) groups is 1. The molecule has 164 valence electrons. The Bertz CT molecular complexity index is 1340. The SMILES string of the molecule is NC(=NC1CCCc2ccc(Cc3ccccc3)cc21)Nc1ccc2c3c(cccc13)CC2. The van der Waals surface area contributed by atoms with Gasteiger partial charge in [-0.1, -0.05) is 72.8 Å². The molecule has 4 aromatic rings. The number of fused-ring (bicyclic) bond motifs is 1. The van der Waals surface area contributed by atoms with Gasteiger partial charge in [-0.3, -0.25) is 0 Å². The van der Waals surface area contributed by atoms with Gasteiger partial charge < -0.3 is 11.1 Å². The smallest absolute Gasteiger partial charge is 0.193 e. The number of aryl methyl sites for hydroxylation is 3. The first-order chi connectivity index (χ1) is 16.2. The summed E-state index contributed by atoms with van der Waals surface area (Å²) in [6.45, 7) is 0. The molecular weight excluding hydrogens is 402 g/mol. The Labute approximate surface area is 195 Å². The summed E-state index contributed by atoms with van der Waals surface area (Å²) in [5.41, 5.74) is 15.8. The summed E-state index contributed by atoms with van der Waals surface area (Å²) in [4.78, 5) is 4.97. The van der Waals surface area contributed by atoms with Gasteiger partial charge in [-0.15, -0.1) is 0 Å². The van der Waals surface area contributed by atoms with Crippen LogP contribution in [0.1, 0.15) is 52.3 Å². The standard InChI is InChI=1S/C30H29N3/c31-30(33-28-17-16-24-15-14-23-9-4-10-25(28)29(23)24)32-27-11-5-8-22-13-12-21(19-26(22)27)18-20-6-2-1-3-7-20/h1-4,6-7,9-10,12-13,16-17,19,27H,5,8,11,14-15,18H2,(H3,31,32,33). The van der Waals surface area contributed by atoms with Crippen LogP contribution in [0.2, 0.25) is 0 Å². The highest BCUT2D eigenvalue weighted by molar-refractivity contribution is 6.05. The molecule has 3 nitrogen and oxygen atoms in total. The molecular formula is C30H29N3. The van der Waals surface area contributed by atoms with E-state index in [0.717, 1.165) is 44.2 Å². The van der Waals surface area contributed by atoms with Crippen LogP contribution in [0.25, 0.3) is 10.8 Å². The van der Waals surface area contributed by atoms with E-state index in [-0.39, 0.29) is 6.04 Å². The molecule has 2 aliphatic rings. The van der Waals surface area contributed by atoms with E-state index < -0.39 is 0 Å². The highest BCUT2D eigenvalue weighted by Crippen LogP contribution is 2.36. The third-order valence-corrected chi connectivity index (χ3v) is 7.18. The van der Waals surface area contributed by atoms with Crippen LogP contribution in [-0.4, -0.2) is 5.96 Å². The average Bonchev–Trinajstić information content (AvgIpc) is 3.26. The summed E-state index contributed by atoms with van der Waals surface area (Å²) in [7, 11) is 0. The number of nitrogens with two attached hydrogens (primary N) is 1. The zero-order valence-corrected chi connectivity index (χ0v) is 18.9. The van der Waals surface area contributed by atoms with Gasteiger partial charge in [0.25, 0.3) is 0 Å². The monoisotopic (exact) mass is 431 g/mol. The van der Waals surface area contributed by atoms with Gasteiger partial charge in [-0.05, 0) is 83.4 Å². The molecule has 6 rings (SSSR count). The number of hydrogen-bond donors (Lipinski definition) is 2. The highest BCUT2D eigenvalue weighted by Gasteiger charge is 2.21. The van der Waals surface area contributed by atoms with Crippen molar-refractivity contribution in [2.24, 2.45) is 10.7 Å². The minimum atomic E-state index is 0.105. The number of anilines is 1. The fraction of sp³-hybridized carbons (Fsp3) is 0.233. The number of guanidine groups is 1. The second kappa shape index (κ2) is 8.40. The zero-order valence-electron chi connectivity index (χ0n) is 18.9. The summed E-state index contributed by atoms with van der Waals surface area (Å²) in [5.74, 6) is 0.500. The molecule has 2 aliphatic carbocycles. The topological polar surface area (TPSA) is 50.4 Å². The quantitative estimate of drug-likeness (QED) is 0.293. The molecule has 1 atom stereocenters. The number of hydrogen-bond acceptors (Lipinski definition) is 1. The molecule has 0 radical (unpaired) electrons. The Hall–Kier alpha value is -3.59. The van der Waals surface area contributed by atoms with Gasteiger partial charge in [0.1, 0.15) is 0 Å². The van der Waals surface area contributed by atoms with Crippen molar-refractivity contribution in [3.8, 4) is 0 Å². The Kier molecular flexibility index (Phi) is 5.10. The predicted molar refractivity (Wildman–Crippen MR) is 138 cm³/mol. The van der Waals surface area contributed by atoms with Gasteiger partial charge in [0.15, 0.2) is 5.96 Å². The molecule has 33 heavy (non-hydrogen) atoms. The molecule has 3 heteroatoms. The molecule has 0 saturated heterocycles. The molecule has 0 bridgehead atoms. The van der Waals surface area contributed by atoms with E-state index in [4.69, 9.17) is 10.7 Å². The second-order valence-corrected chi connectivity index (χ2v) is 9.35. The third-order valence-electron chi connectivity index (χ3n) is 7.18. The Morgan fingerprint density at radius 1 is 0.818 bits per heavy atom. The number of benzene rings is 4. The second-order valence-electron chi connectivity index (χ2n) is 9.35. The highest BCUT2D eigenvalue weighted by atomic mass is 15.1. The van der Waals surface area contributed by atoms with Crippen molar-refractivity contribution >= 4 is 22.4 Å². The molecule has 0 amide bonds. The Morgan fingerprint density at radius 3 is 2.52 bits per heavy atom. The van der Waals surface area contributed by atoms with E-state index in [1.165, 1.54) is 44.2 Å². The lowest BCUT2D eigenvalue weighted by Gasteiger charge is -2.24. The van der Waals surface area contributed by atoms with E-state index in [1.807, 2.05) is 0 Å². The molecule has 0 fully saturated rings. The van der Waals surface area contributed by atoms with E-state index in [1.54, 1.807) is 0 Å². The number of rotatable bonds is 4. The van der Waals surface area contributed by atoms with Crippen LogP contribution in [0, 0.1) is 0 Å². The van der Waals surface area contributed by atoms with Gasteiger partial charge >= 0.3 is 0 Å². The Balaban J connectivity index is 1.28. The van der Waals surface area contributed by atoms with Gasteiger partial charge in [0, 0.05) is 11.1 Å². The van der Waals surface area contributed by atoms with E-state index in [0.29, 0.717) is 5.96 Å². The fourth-order valence-electron chi connectivity index (χ4n) is 5.59. The van der Waals surface area contributed by atoms with Crippen molar-refractivity contribution in [1.82, 2.24) is 0 Å². The van der Waals surface area contributed by atoms with Crippen molar-refractivity contribution in [3.63, 3.8) is 0 Å². The van der Waals surface area contributed by atoms with Crippen LogP contribution in [0.3, 0.4) is 0 Å². The minimum Gasteiger partial charge on any atom is -0.370 e. The Morgan fingerprint density at radius 2 is 1.64 bits per heavy atom. The van der Waals surface area contributed by atoms with Gasteiger partial charge in [-0.2, -0.15) is 0 Å². The van der Waals surface area contributed by atoms with Crippen molar-refractivity contribution in [2.45, 2.75) is 44.6 Å². The summed E-state index contributed by atoms with van der Waals surface area (Å²) in [6.07, 6.45) is 6.50. The van der Waals surface area contributed by atoms with Crippen LogP contribution in [-0.2, 0) is 25.7 Å². The normalized spacial score (nSPS) is 17.2. The van der Waals surface area contributed by atoms with Crippen molar-refractivity contribution in [3.05, 3.63) is 112 Å². The van der Waals surface area contributed by atoms with Gasteiger partial charge in [0.05, 0.1) is 6.04 Å². The molecule has 0 heterocycles.